The van der Waals surface area contributed by atoms with Crippen LogP contribution in [0, 0.1) is 11.8 Å². The summed E-state index contributed by atoms with van der Waals surface area (Å²) in [5, 5.41) is 12.0. The molecule has 2 saturated heterocycles. The van der Waals surface area contributed by atoms with E-state index in [1.165, 1.54) is 12.8 Å². The fourth-order valence-corrected chi connectivity index (χ4v) is 6.20. The molecule has 3 atom stereocenters. The van der Waals surface area contributed by atoms with Gasteiger partial charge in [-0.25, -0.2) is 4.79 Å². The number of aromatic nitrogens is 3. The van der Waals surface area contributed by atoms with Crippen molar-refractivity contribution in [3.63, 3.8) is 0 Å². The SMILES string of the molecule is CC(C)c1cnn2c(NC3CC4CNCC4C3)cc(O[C@@H]3CCCN(C(=O)OCc4ccccc4)C3)nc12. The Hall–Kier alpha value is -3.33. The van der Waals surface area contributed by atoms with E-state index in [9.17, 15) is 4.79 Å². The van der Waals surface area contributed by atoms with Crippen LogP contribution in [0.15, 0.2) is 42.6 Å². The maximum atomic E-state index is 12.8. The molecule has 0 radical (unpaired) electrons. The maximum Gasteiger partial charge on any atom is 0.410 e. The van der Waals surface area contributed by atoms with Gasteiger partial charge in [-0.15, -0.1) is 0 Å². The second-order valence-corrected chi connectivity index (χ2v) is 11.3. The first kappa shape index (κ1) is 25.0. The molecule has 9 nitrogen and oxygen atoms in total. The molecule has 4 heterocycles. The highest BCUT2D eigenvalue weighted by Crippen LogP contribution is 2.36. The Kier molecular flexibility index (Phi) is 7.10. The van der Waals surface area contributed by atoms with E-state index in [0.717, 1.165) is 60.4 Å². The number of nitrogens with one attached hydrogen (secondary N) is 2. The highest BCUT2D eigenvalue weighted by molar-refractivity contribution is 5.67. The van der Waals surface area contributed by atoms with Crippen molar-refractivity contribution in [2.45, 2.75) is 64.2 Å². The molecule has 1 amide bonds. The zero-order valence-electron chi connectivity index (χ0n) is 22.3. The van der Waals surface area contributed by atoms with Crippen LogP contribution in [0.1, 0.15) is 56.6 Å². The van der Waals surface area contributed by atoms with Gasteiger partial charge in [0.15, 0.2) is 5.65 Å². The molecule has 2 aliphatic heterocycles. The van der Waals surface area contributed by atoms with Crippen molar-refractivity contribution in [1.82, 2.24) is 24.8 Å². The summed E-state index contributed by atoms with van der Waals surface area (Å²) < 4.78 is 13.9. The van der Waals surface area contributed by atoms with Gasteiger partial charge in [0.2, 0.25) is 5.88 Å². The normalized spacial score (nSPS) is 25.1. The van der Waals surface area contributed by atoms with Crippen molar-refractivity contribution >= 4 is 17.6 Å². The van der Waals surface area contributed by atoms with Gasteiger partial charge < -0.3 is 25.0 Å². The van der Waals surface area contributed by atoms with Crippen molar-refractivity contribution in [3.05, 3.63) is 53.7 Å². The van der Waals surface area contributed by atoms with Gasteiger partial charge in [0.1, 0.15) is 18.5 Å². The summed E-state index contributed by atoms with van der Waals surface area (Å²) in [6.45, 7) is 7.98. The summed E-state index contributed by atoms with van der Waals surface area (Å²) in [5.74, 6) is 3.29. The Morgan fingerprint density at radius 2 is 1.97 bits per heavy atom. The molecular formula is C29H38N6O3. The first-order valence-corrected chi connectivity index (χ1v) is 14.0. The lowest BCUT2D eigenvalue weighted by Gasteiger charge is -2.32. The Morgan fingerprint density at radius 3 is 2.74 bits per heavy atom. The molecule has 3 fully saturated rings. The molecule has 9 heteroatoms. The molecule has 2 unspecified atom stereocenters. The summed E-state index contributed by atoms with van der Waals surface area (Å²) in [4.78, 5) is 19.4. The minimum atomic E-state index is -0.299. The van der Waals surface area contributed by atoms with Crippen molar-refractivity contribution in [3.8, 4) is 5.88 Å². The van der Waals surface area contributed by atoms with Gasteiger partial charge >= 0.3 is 6.09 Å². The van der Waals surface area contributed by atoms with Gasteiger partial charge in [0, 0.05) is 24.2 Å². The molecule has 0 spiro atoms. The van der Waals surface area contributed by atoms with Gasteiger partial charge in [-0.1, -0.05) is 44.2 Å². The third kappa shape index (κ3) is 5.29. The lowest BCUT2D eigenvalue weighted by atomic mass is 10.0. The number of amides is 1. The van der Waals surface area contributed by atoms with Crippen molar-refractivity contribution in [2.75, 3.05) is 31.5 Å². The van der Waals surface area contributed by atoms with Crippen LogP contribution in [0.25, 0.3) is 5.65 Å². The number of ether oxygens (including phenoxy) is 2. The summed E-state index contributed by atoms with van der Waals surface area (Å²) >= 11 is 0. The van der Waals surface area contributed by atoms with E-state index >= 15 is 0 Å². The van der Waals surface area contributed by atoms with E-state index in [1.807, 2.05) is 47.1 Å². The Labute approximate surface area is 223 Å². The summed E-state index contributed by atoms with van der Waals surface area (Å²) in [7, 11) is 0. The maximum absolute atomic E-state index is 12.8. The summed E-state index contributed by atoms with van der Waals surface area (Å²) in [6.07, 6.45) is 5.54. The highest BCUT2D eigenvalue weighted by atomic mass is 16.6. The number of anilines is 1. The predicted molar refractivity (Wildman–Crippen MR) is 145 cm³/mol. The minimum Gasteiger partial charge on any atom is -0.472 e. The van der Waals surface area contributed by atoms with Crippen molar-refractivity contribution in [1.29, 1.82) is 0 Å². The molecule has 2 aromatic heterocycles. The zero-order valence-corrected chi connectivity index (χ0v) is 22.3. The van der Waals surface area contributed by atoms with Crippen LogP contribution in [0.4, 0.5) is 10.6 Å². The number of piperidine rings is 1. The molecule has 2 N–H and O–H groups in total. The lowest BCUT2D eigenvalue weighted by Crippen LogP contribution is -2.44. The van der Waals surface area contributed by atoms with Crippen molar-refractivity contribution in [2.24, 2.45) is 11.8 Å². The molecule has 3 aromatic rings. The van der Waals surface area contributed by atoms with E-state index in [-0.39, 0.29) is 18.8 Å². The predicted octanol–water partition coefficient (Wildman–Crippen LogP) is 4.44. The quantitative estimate of drug-likeness (QED) is 0.478. The van der Waals surface area contributed by atoms with Gasteiger partial charge in [-0.3, -0.25) is 0 Å². The van der Waals surface area contributed by atoms with Crippen LogP contribution < -0.4 is 15.4 Å². The minimum absolute atomic E-state index is 0.141. The van der Waals surface area contributed by atoms with Crippen LogP contribution in [-0.2, 0) is 11.3 Å². The first-order chi connectivity index (χ1) is 18.5. The number of likely N-dealkylation sites (tertiary alicyclic amines) is 1. The van der Waals surface area contributed by atoms with Crippen LogP contribution >= 0.6 is 0 Å². The lowest BCUT2D eigenvalue weighted by molar-refractivity contribution is 0.0537. The van der Waals surface area contributed by atoms with Crippen molar-refractivity contribution < 1.29 is 14.3 Å². The monoisotopic (exact) mass is 518 g/mol. The van der Waals surface area contributed by atoms with Crippen LogP contribution in [-0.4, -0.2) is 63.9 Å². The van der Waals surface area contributed by atoms with Crippen LogP contribution in [0.3, 0.4) is 0 Å². The summed E-state index contributed by atoms with van der Waals surface area (Å²) in [6, 6.07) is 12.2. The average Bonchev–Trinajstić information content (AvgIpc) is 3.63. The number of nitrogens with zero attached hydrogens (tertiary/aromatic N) is 4. The molecule has 1 aliphatic carbocycles. The zero-order chi connectivity index (χ0) is 26.1. The van der Waals surface area contributed by atoms with E-state index in [2.05, 4.69) is 29.6 Å². The molecule has 38 heavy (non-hydrogen) atoms. The van der Waals surface area contributed by atoms with Crippen LogP contribution in [0.5, 0.6) is 5.88 Å². The molecular weight excluding hydrogens is 480 g/mol. The summed E-state index contributed by atoms with van der Waals surface area (Å²) in [5.41, 5.74) is 2.91. The first-order valence-electron chi connectivity index (χ1n) is 14.0. The second kappa shape index (κ2) is 10.8. The molecule has 1 aromatic carbocycles. The largest absolute Gasteiger partial charge is 0.472 e. The number of hydrogen-bond donors (Lipinski definition) is 2. The number of carbonyl (C=O) groups is 1. The second-order valence-electron chi connectivity index (χ2n) is 11.3. The topological polar surface area (TPSA) is 93.0 Å². The number of fused-ring (bicyclic) bond motifs is 2. The number of hydrogen-bond acceptors (Lipinski definition) is 7. The standard InChI is InChI=1S/C29H38N6O3/c1-19(2)25-16-31-35-26(32-23-11-21-14-30-15-22(21)12-23)13-27(33-28(25)35)38-24-9-6-10-34(17-24)29(36)37-18-20-7-4-3-5-8-20/h3-5,7-8,13,16,19,21-24,30,32H,6,9-12,14-15,17-18H2,1-2H3/t21?,22?,23?,24-/m1/s1. The van der Waals surface area contributed by atoms with Gasteiger partial charge in [-0.2, -0.15) is 14.6 Å². The third-order valence-electron chi connectivity index (χ3n) is 8.23. The molecule has 6 rings (SSSR count). The Morgan fingerprint density at radius 1 is 1.18 bits per heavy atom. The van der Waals surface area contributed by atoms with E-state index < -0.39 is 0 Å². The number of rotatable bonds is 7. The molecule has 202 valence electrons. The molecule has 3 aliphatic rings. The number of carbonyl (C=O) groups excluding carboxylic acids is 1. The third-order valence-corrected chi connectivity index (χ3v) is 8.23. The van der Waals surface area contributed by atoms with E-state index in [0.29, 0.717) is 30.9 Å². The smallest absolute Gasteiger partial charge is 0.410 e. The van der Waals surface area contributed by atoms with E-state index in [1.54, 1.807) is 4.90 Å². The van der Waals surface area contributed by atoms with E-state index in [4.69, 9.17) is 14.5 Å². The Balaban J connectivity index is 1.16. The van der Waals surface area contributed by atoms with Crippen LogP contribution in [0.2, 0.25) is 0 Å². The molecule has 1 saturated carbocycles. The van der Waals surface area contributed by atoms with Gasteiger partial charge in [-0.05, 0) is 62.1 Å². The highest BCUT2D eigenvalue weighted by Gasteiger charge is 2.37. The number of benzene rings is 1. The van der Waals surface area contributed by atoms with Gasteiger partial charge in [0.25, 0.3) is 0 Å². The Bertz CT molecular complexity index is 1250. The fourth-order valence-electron chi connectivity index (χ4n) is 6.20. The molecule has 0 bridgehead atoms. The average molecular weight is 519 g/mol. The fraction of sp³-hybridized carbons (Fsp3) is 0.552. The van der Waals surface area contributed by atoms with Gasteiger partial charge in [0.05, 0.1) is 12.7 Å².